The Hall–Kier alpha value is -2.68. The van der Waals surface area contributed by atoms with Gasteiger partial charge in [-0.3, -0.25) is 9.59 Å². The van der Waals surface area contributed by atoms with E-state index in [0.29, 0.717) is 17.7 Å². The normalized spacial score (nSPS) is 10.6. The maximum Gasteiger partial charge on any atom is 0.216 e. The number of carbonyl (C=O) groups excluding carboxylic acids is 2. The summed E-state index contributed by atoms with van der Waals surface area (Å²) < 4.78 is 0. The molecule has 0 radical (unpaired) electrons. The quantitative estimate of drug-likeness (QED) is 0.655. The van der Waals surface area contributed by atoms with Crippen LogP contribution in [-0.2, 0) is 4.79 Å². The van der Waals surface area contributed by atoms with Gasteiger partial charge >= 0.3 is 0 Å². The van der Waals surface area contributed by atoms with E-state index in [1.165, 1.54) is 6.92 Å². The number of rotatable bonds is 6. The molecule has 0 fully saturated rings. The van der Waals surface area contributed by atoms with Crippen molar-refractivity contribution in [3.05, 3.63) is 77.4 Å². The zero-order valence-corrected chi connectivity index (χ0v) is 12.6. The van der Waals surface area contributed by atoms with Crippen molar-refractivity contribution in [2.75, 3.05) is 6.54 Å². The van der Waals surface area contributed by atoms with Crippen molar-refractivity contribution >= 4 is 17.8 Å². The fourth-order valence-corrected chi connectivity index (χ4v) is 2.14. The van der Waals surface area contributed by atoms with Gasteiger partial charge < -0.3 is 5.32 Å². The molecule has 22 heavy (non-hydrogen) atoms. The van der Waals surface area contributed by atoms with Crippen LogP contribution in [0.15, 0.2) is 60.7 Å². The summed E-state index contributed by atoms with van der Waals surface area (Å²) >= 11 is 0. The smallest absolute Gasteiger partial charge is 0.216 e. The van der Waals surface area contributed by atoms with Crippen molar-refractivity contribution in [2.24, 2.45) is 0 Å². The minimum absolute atomic E-state index is 0.0164. The summed E-state index contributed by atoms with van der Waals surface area (Å²) in [6, 6.07) is 16.8. The Kier molecular flexibility index (Phi) is 5.66. The van der Waals surface area contributed by atoms with Crippen LogP contribution < -0.4 is 5.32 Å². The van der Waals surface area contributed by atoms with E-state index in [9.17, 15) is 9.59 Å². The summed E-state index contributed by atoms with van der Waals surface area (Å²) in [7, 11) is 0. The first kappa shape index (κ1) is 15.7. The van der Waals surface area contributed by atoms with E-state index in [-0.39, 0.29) is 11.7 Å². The number of ketones is 1. The van der Waals surface area contributed by atoms with Gasteiger partial charge in [-0.25, -0.2) is 0 Å². The largest absolute Gasteiger partial charge is 0.356 e. The molecule has 0 saturated carbocycles. The maximum atomic E-state index is 12.6. The first-order valence-electron chi connectivity index (χ1n) is 7.28. The highest BCUT2D eigenvalue weighted by Crippen LogP contribution is 2.16. The lowest BCUT2D eigenvalue weighted by molar-refractivity contribution is -0.118. The molecule has 3 nitrogen and oxygen atoms in total. The number of benzene rings is 2. The second-order valence-electron chi connectivity index (χ2n) is 4.96. The van der Waals surface area contributed by atoms with Gasteiger partial charge in [0.1, 0.15) is 0 Å². The summed E-state index contributed by atoms with van der Waals surface area (Å²) in [5.74, 6) is -0.0178. The second-order valence-corrected chi connectivity index (χ2v) is 4.96. The number of hydrogen-bond donors (Lipinski definition) is 1. The number of nitrogens with one attached hydrogen (secondary N) is 1. The highest BCUT2D eigenvalue weighted by atomic mass is 16.1. The molecule has 0 unspecified atom stereocenters. The third kappa shape index (κ3) is 4.42. The molecular weight excluding hydrogens is 274 g/mol. The molecule has 0 aliphatic heterocycles. The van der Waals surface area contributed by atoms with E-state index in [4.69, 9.17) is 0 Å². The van der Waals surface area contributed by atoms with Crippen molar-refractivity contribution in [1.29, 1.82) is 0 Å². The third-order valence-corrected chi connectivity index (χ3v) is 3.22. The lowest BCUT2D eigenvalue weighted by Gasteiger charge is -2.05. The van der Waals surface area contributed by atoms with Crippen LogP contribution in [0.3, 0.4) is 0 Å². The molecule has 1 N–H and O–H groups in total. The van der Waals surface area contributed by atoms with Crippen molar-refractivity contribution in [2.45, 2.75) is 13.3 Å². The van der Waals surface area contributed by atoms with E-state index in [1.54, 1.807) is 0 Å². The lowest BCUT2D eigenvalue weighted by atomic mass is 9.98. The standard InChI is InChI=1S/C19H19NO2/c1-15(21)20-14-8-7-10-16-9-5-6-13-18(16)19(22)17-11-3-2-4-12-17/h2-7,9-13H,8,14H2,1H3,(H,20,21). The van der Waals surface area contributed by atoms with Crippen LogP contribution in [0.25, 0.3) is 6.08 Å². The molecule has 0 aliphatic rings. The average molecular weight is 293 g/mol. The Labute approximate surface area is 130 Å². The highest BCUT2D eigenvalue weighted by molar-refractivity contribution is 6.11. The molecule has 0 heterocycles. The Balaban J connectivity index is 2.12. The van der Waals surface area contributed by atoms with Gasteiger partial charge in [-0.05, 0) is 12.0 Å². The molecule has 0 spiro atoms. The fraction of sp³-hybridized carbons (Fsp3) is 0.158. The van der Waals surface area contributed by atoms with E-state index < -0.39 is 0 Å². The zero-order valence-electron chi connectivity index (χ0n) is 12.6. The number of hydrogen-bond acceptors (Lipinski definition) is 2. The first-order valence-corrected chi connectivity index (χ1v) is 7.28. The van der Waals surface area contributed by atoms with Crippen molar-refractivity contribution in [1.82, 2.24) is 5.32 Å². The fourth-order valence-electron chi connectivity index (χ4n) is 2.14. The van der Waals surface area contributed by atoms with Crippen LogP contribution in [0, 0.1) is 0 Å². The lowest BCUT2D eigenvalue weighted by Crippen LogP contribution is -2.20. The van der Waals surface area contributed by atoms with Crippen molar-refractivity contribution in [3.63, 3.8) is 0 Å². The van der Waals surface area contributed by atoms with Gasteiger partial charge in [-0.15, -0.1) is 0 Å². The molecule has 2 aromatic carbocycles. The predicted molar refractivity (Wildman–Crippen MR) is 88.7 cm³/mol. The van der Waals surface area contributed by atoms with Gasteiger partial charge in [0.05, 0.1) is 0 Å². The van der Waals surface area contributed by atoms with E-state index in [0.717, 1.165) is 12.0 Å². The summed E-state index contributed by atoms with van der Waals surface area (Å²) in [4.78, 5) is 23.4. The van der Waals surface area contributed by atoms with Gasteiger partial charge in [-0.2, -0.15) is 0 Å². The molecule has 112 valence electrons. The first-order chi connectivity index (χ1) is 10.7. The van der Waals surface area contributed by atoms with Gasteiger partial charge in [-0.1, -0.05) is 66.7 Å². The highest BCUT2D eigenvalue weighted by Gasteiger charge is 2.10. The summed E-state index contributed by atoms with van der Waals surface area (Å²) in [5.41, 5.74) is 2.25. The second kappa shape index (κ2) is 7.93. The molecule has 0 bridgehead atoms. The minimum atomic E-state index is -0.0342. The summed E-state index contributed by atoms with van der Waals surface area (Å²) in [6.45, 7) is 2.10. The monoisotopic (exact) mass is 293 g/mol. The molecule has 2 aromatic rings. The SMILES string of the molecule is CC(=O)NCCC=Cc1ccccc1C(=O)c1ccccc1. The molecular formula is C19H19NO2. The molecule has 2 rings (SSSR count). The molecule has 0 aliphatic carbocycles. The van der Waals surface area contributed by atoms with Gasteiger partial charge in [0.2, 0.25) is 5.91 Å². The van der Waals surface area contributed by atoms with Crippen molar-refractivity contribution in [3.8, 4) is 0 Å². The minimum Gasteiger partial charge on any atom is -0.356 e. The predicted octanol–water partition coefficient (Wildman–Crippen LogP) is 3.46. The van der Waals surface area contributed by atoms with Gasteiger partial charge in [0, 0.05) is 24.6 Å². The topological polar surface area (TPSA) is 46.2 Å². The maximum absolute atomic E-state index is 12.6. The van der Waals surface area contributed by atoms with E-state index >= 15 is 0 Å². The molecule has 0 atom stereocenters. The molecule has 3 heteroatoms. The van der Waals surface area contributed by atoms with Crippen LogP contribution in [0.4, 0.5) is 0 Å². The van der Waals surface area contributed by atoms with Crippen LogP contribution in [0.1, 0.15) is 34.8 Å². The Morgan fingerprint density at radius 1 is 1.00 bits per heavy atom. The summed E-state index contributed by atoms with van der Waals surface area (Å²) in [5, 5.41) is 2.74. The Morgan fingerprint density at radius 2 is 1.68 bits per heavy atom. The van der Waals surface area contributed by atoms with E-state index in [2.05, 4.69) is 5.32 Å². The molecule has 0 aromatic heterocycles. The molecule has 0 saturated heterocycles. The van der Waals surface area contributed by atoms with Crippen LogP contribution in [0.5, 0.6) is 0 Å². The summed E-state index contributed by atoms with van der Waals surface area (Å²) in [6.07, 6.45) is 4.62. The van der Waals surface area contributed by atoms with Crippen LogP contribution in [-0.4, -0.2) is 18.2 Å². The van der Waals surface area contributed by atoms with Gasteiger partial charge in [0.25, 0.3) is 0 Å². The number of amides is 1. The van der Waals surface area contributed by atoms with Crippen LogP contribution >= 0.6 is 0 Å². The number of carbonyl (C=O) groups is 2. The Morgan fingerprint density at radius 3 is 2.41 bits per heavy atom. The van der Waals surface area contributed by atoms with E-state index in [1.807, 2.05) is 66.7 Å². The van der Waals surface area contributed by atoms with Crippen molar-refractivity contribution < 1.29 is 9.59 Å². The van der Waals surface area contributed by atoms with Crippen LogP contribution in [0.2, 0.25) is 0 Å². The third-order valence-electron chi connectivity index (χ3n) is 3.22. The van der Waals surface area contributed by atoms with Gasteiger partial charge in [0.15, 0.2) is 5.78 Å². The molecule has 1 amide bonds. The zero-order chi connectivity index (χ0) is 15.8. The Bertz CT molecular complexity index is 675. The average Bonchev–Trinajstić information content (AvgIpc) is 2.55.